The molecular weight excluding hydrogens is 190 g/mol. The molecule has 1 aliphatic rings. The van der Waals surface area contributed by atoms with Crippen molar-refractivity contribution in [1.82, 2.24) is 9.97 Å². The lowest BCUT2D eigenvalue weighted by molar-refractivity contribution is 0.283. The predicted octanol–water partition coefficient (Wildman–Crippen LogP) is 0.955. The van der Waals surface area contributed by atoms with Gasteiger partial charge in [0.1, 0.15) is 12.2 Å². The lowest BCUT2D eigenvalue weighted by Crippen LogP contribution is -2.14. The van der Waals surface area contributed by atoms with Gasteiger partial charge in [-0.1, -0.05) is 0 Å². The van der Waals surface area contributed by atoms with Crippen LogP contribution in [-0.2, 0) is 12.8 Å². The highest BCUT2D eigenvalue weighted by Crippen LogP contribution is 2.25. The van der Waals surface area contributed by atoms with E-state index >= 15 is 0 Å². The standard InChI is InChI=1S/C11H13N3O/c12-5-8(6-15)11-9-3-1-2-4-10(9)13-7-14-11/h7-8,15H,1-4,6H2. The van der Waals surface area contributed by atoms with E-state index in [1.807, 2.05) is 0 Å². The summed E-state index contributed by atoms with van der Waals surface area (Å²) < 4.78 is 0. The number of rotatable bonds is 2. The Balaban J connectivity index is 2.43. The SMILES string of the molecule is N#CC(CO)c1ncnc2c1CCCC2. The molecule has 1 aliphatic carbocycles. The van der Waals surface area contributed by atoms with Crippen molar-refractivity contribution in [3.05, 3.63) is 23.3 Å². The average molecular weight is 203 g/mol. The molecule has 0 amide bonds. The molecule has 1 aromatic heterocycles. The van der Waals surface area contributed by atoms with E-state index in [-0.39, 0.29) is 6.61 Å². The van der Waals surface area contributed by atoms with Gasteiger partial charge >= 0.3 is 0 Å². The van der Waals surface area contributed by atoms with Gasteiger partial charge in [-0.15, -0.1) is 0 Å². The molecule has 2 rings (SSSR count). The third-order valence-corrected chi connectivity index (χ3v) is 2.83. The van der Waals surface area contributed by atoms with Crippen LogP contribution in [-0.4, -0.2) is 21.7 Å². The summed E-state index contributed by atoms with van der Waals surface area (Å²) in [5.74, 6) is -0.500. The molecule has 0 aromatic carbocycles. The van der Waals surface area contributed by atoms with Gasteiger partial charge in [0.15, 0.2) is 0 Å². The fourth-order valence-electron chi connectivity index (χ4n) is 2.04. The molecule has 0 spiro atoms. The number of nitriles is 1. The van der Waals surface area contributed by atoms with Crippen LogP contribution in [0.3, 0.4) is 0 Å². The third kappa shape index (κ3) is 1.83. The first-order chi connectivity index (χ1) is 7.36. The number of aromatic nitrogens is 2. The number of fused-ring (bicyclic) bond motifs is 1. The summed E-state index contributed by atoms with van der Waals surface area (Å²) in [6, 6.07) is 2.08. The van der Waals surface area contributed by atoms with Gasteiger partial charge < -0.3 is 5.11 Å². The van der Waals surface area contributed by atoms with E-state index in [9.17, 15) is 0 Å². The van der Waals surface area contributed by atoms with Gasteiger partial charge in [-0.05, 0) is 31.2 Å². The van der Waals surface area contributed by atoms with Gasteiger partial charge in [-0.2, -0.15) is 5.26 Å². The molecule has 1 unspecified atom stereocenters. The molecule has 0 bridgehead atoms. The average Bonchev–Trinajstić information content (AvgIpc) is 2.31. The molecule has 1 heterocycles. The summed E-state index contributed by atoms with van der Waals surface area (Å²) in [6.07, 6.45) is 5.67. The van der Waals surface area contributed by atoms with Crippen LogP contribution >= 0.6 is 0 Å². The Morgan fingerprint density at radius 3 is 2.93 bits per heavy atom. The van der Waals surface area contributed by atoms with E-state index < -0.39 is 5.92 Å². The zero-order valence-corrected chi connectivity index (χ0v) is 8.48. The first-order valence-electron chi connectivity index (χ1n) is 5.20. The molecule has 0 aliphatic heterocycles. The van der Waals surface area contributed by atoms with E-state index in [0.29, 0.717) is 0 Å². The van der Waals surface area contributed by atoms with Crippen molar-refractivity contribution in [3.63, 3.8) is 0 Å². The summed E-state index contributed by atoms with van der Waals surface area (Å²) in [6.45, 7) is -0.167. The highest BCUT2D eigenvalue weighted by Gasteiger charge is 2.20. The molecule has 1 N–H and O–H groups in total. The number of aliphatic hydroxyl groups excluding tert-OH is 1. The van der Waals surface area contributed by atoms with Gasteiger partial charge in [0.2, 0.25) is 0 Å². The zero-order valence-electron chi connectivity index (χ0n) is 8.48. The molecule has 0 saturated carbocycles. The van der Waals surface area contributed by atoms with Gasteiger partial charge in [-0.25, -0.2) is 9.97 Å². The minimum atomic E-state index is -0.500. The summed E-state index contributed by atoms with van der Waals surface area (Å²) in [7, 11) is 0. The maximum atomic E-state index is 9.10. The van der Waals surface area contributed by atoms with Crippen molar-refractivity contribution in [2.45, 2.75) is 31.6 Å². The van der Waals surface area contributed by atoms with Crippen molar-refractivity contribution in [2.75, 3.05) is 6.61 Å². The predicted molar refractivity (Wildman–Crippen MR) is 54.1 cm³/mol. The van der Waals surface area contributed by atoms with Crippen molar-refractivity contribution < 1.29 is 5.11 Å². The quantitative estimate of drug-likeness (QED) is 0.777. The number of nitrogens with zero attached hydrogens (tertiary/aromatic N) is 3. The van der Waals surface area contributed by atoms with Crippen molar-refractivity contribution in [1.29, 1.82) is 5.26 Å². The lowest BCUT2D eigenvalue weighted by Gasteiger charge is -2.18. The monoisotopic (exact) mass is 203 g/mol. The van der Waals surface area contributed by atoms with Crippen LogP contribution in [0.1, 0.15) is 35.7 Å². The van der Waals surface area contributed by atoms with Crippen LogP contribution in [0.15, 0.2) is 6.33 Å². The second-order valence-corrected chi connectivity index (χ2v) is 3.76. The third-order valence-electron chi connectivity index (χ3n) is 2.83. The van der Waals surface area contributed by atoms with E-state index in [0.717, 1.165) is 42.6 Å². The Morgan fingerprint density at radius 2 is 2.20 bits per heavy atom. The van der Waals surface area contributed by atoms with Crippen molar-refractivity contribution in [3.8, 4) is 6.07 Å². The molecule has 4 heteroatoms. The molecular formula is C11H13N3O. The molecule has 0 saturated heterocycles. The number of aliphatic hydroxyl groups is 1. The van der Waals surface area contributed by atoms with Crippen LogP contribution in [0.5, 0.6) is 0 Å². The molecule has 1 aromatic rings. The van der Waals surface area contributed by atoms with Gasteiger partial charge in [0.25, 0.3) is 0 Å². The smallest absolute Gasteiger partial charge is 0.116 e. The van der Waals surface area contributed by atoms with Gasteiger partial charge in [-0.3, -0.25) is 0 Å². The molecule has 0 radical (unpaired) electrons. The van der Waals surface area contributed by atoms with Crippen LogP contribution in [0, 0.1) is 11.3 Å². The van der Waals surface area contributed by atoms with Crippen molar-refractivity contribution >= 4 is 0 Å². The summed E-state index contributed by atoms with van der Waals surface area (Å²) >= 11 is 0. The Kier molecular flexibility index (Phi) is 2.93. The zero-order chi connectivity index (χ0) is 10.7. The molecule has 15 heavy (non-hydrogen) atoms. The van der Waals surface area contributed by atoms with Gasteiger partial charge in [0, 0.05) is 5.69 Å². The Bertz CT molecular complexity index is 397. The molecule has 1 atom stereocenters. The van der Waals surface area contributed by atoms with E-state index in [2.05, 4.69) is 16.0 Å². The number of aryl methyl sites for hydroxylation is 1. The Labute approximate surface area is 88.6 Å². The molecule has 78 valence electrons. The minimum Gasteiger partial charge on any atom is -0.395 e. The molecule has 0 fully saturated rings. The lowest BCUT2D eigenvalue weighted by atomic mass is 9.91. The maximum absolute atomic E-state index is 9.10. The maximum Gasteiger partial charge on any atom is 0.116 e. The Morgan fingerprint density at radius 1 is 1.40 bits per heavy atom. The fourth-order valence-corrected chi connectivity index (χ4v) is 2.04. The first-order valence-corrected chi connectivity index (χ1v) is 5.20. The second kappa shape index (κ2) is 4.37. The van der Waals surface area contributed by atoms with Crippen LogP contribution in [0.2, 0.25) is 0 Å². The summed E-state index contributed by atoms with van der Waals surface area (Å²) in [5.41, 5.74) is 2.87. The van der Waals surface area contributed by atoms with E-state index in [1.165, 1.54) is 6.33 Å². The van der Waals surface area contributed by atoms with Crippen LogP contribution in [0.25, 0.3) is 0 Å². The van der Waals surface area contributed by atoms with Crippen molar-refractivity contribution in [2.24, 2.45) is 0 Å². The largest absolute Gasteiger partial charge is 0.395 e. The second-order valence-electron chi connectivity index (χ2n) is 3.76. The van der Waals surface area contributed by atoms with Crippen LogP contribution < -0.4 is 0 Å². The topological polar surface area (TPSA) is 69.8 Å². The van der Waals surface area contributed by atoms with E-state index in [4.69, 9.17) is 10.4 Å². The molecule has 4 nitrogen and oxygen atoms in total. The Hall–Kier alpha value is -1.47. The first kappa shape index (κ1) is 10.1. The fraction of sp³-hybridized carbons (Fsp3) is 0.545. The highest BCUT2D eigenvalue weighted by molar-refractivity contribution is 5.32. The minimum absolute atomic E-state index is 0.167. The summed E-state index contributed by atoms with van der Waals surface area (Å²) in [5, 5.41) is 18.0. The van der Waals surface area contributed by atoms with Crippen LogP contribution in [0.4, 0.5) is 0 Å². The number of hydrogen-bond donors (Lipinski definition) is 1. The number of hydrogen-bond acceptors (Lipinski definition) is 4. The van der Waals surface area contributed by atoms with Gasteiger partial charge in [0.05, 0.1) is 18.4 Å². The van der Waals surface area contributed by atoms with E-state index in [1.54, 1.807) is 0 Å². The summed E-state index contributed by atoms with van der Waals surface area (Å²) in [4.78, 5) is 8.37. The highest BCUT2D eigenvalue weighted by atomic mass is 16.3. The normalized spacial score (nSPS) is 16.5.